The summed E-state index contributed by atoms with van der Waals surface area (Å²) >= 11 is 0. The fraction of sp³-hybridized carbons (Fsp3) is 0.545. The third kappa shape index (κ3) is 7.86. The number of aliphatic hydroxyl groups is 1. The lowest BCUT2D eigenvalue weighted by molar-refractivity contribution is -0.165. The number of hydrogen-bond acceptors (Lipinski definition) is 5. The molecule has 0 bridgehead atoms. The van der Waals surface area contributed by atoms with Crippen molar-refractivity contribution in [1.29, 1.82) is 0 Å². The zero-order valence-corrected chi connectivity index (χ0v) is 24.3. The highest BCUT2D eigenvalue weighted by Crippen LogP contribution is 2.47. The van der Waals surface area contributed by atoms with E-state index in [1.807, 2.05) is 61.5 Å². The fourth-order valence-corrected chi connectivity index (χ4v) is 4.85. The van der Waals surface area contributed by atoms with Crippen LogP contribution in [0.25, 0.3) is 22.3 Å². The second-order valence-corrected chi connectivity index (χ2v) is 13.0. The summed E-state index contributed by atoms with van der Waals surface area (Å²) in [6, 6.07) is 17.9. The number of carbonyl (C=O) groups is 1. The van der Waals surface area contributed by atoms with Crippen LogP contribution >= 0.6 is 0 Å². The molecule has 3 rings (SSSR count). The molecule has 208 valence electrons. The van der Waals surface area contributed by atoms with E-state index >= 15 is 0 Å². The summed E-state index contributed by atoms with van der Waals surface area (Å²) in [5, 5.41) is 10.9. The van der Waals surface area contributed by atoms with E-state index in [9.17, 15) is 9.90 Å². The molecular weight excluding hydrogens is 476 g/mol. The molecule has 38 heavy (non-hydrogen) atoms. The number of benzene rings is 2. The van der Waals surface area contributed by atoms with E-state index in [2.05, 4.69) is 41.5 Å². The van der Waals surface area contributed by atoms with Crippen molar-refractivity contribution in [3.63, 3.8) is 0 Å². The van der Waals surface area contributed by atoms with Crippen LogP contribution in [-0.2, 0) is 9.53 Å². The van der Waals surface area contributed by atoms with Gasteiger partial charge in [0.1, 0.15) is 17.1 Å². The van der Waals surface area contributed by atoms with Crippen LogP contribution in [-0.4, -0.2) is 30.9 Å². The lowest BCUT2D eigenvalue weighted by atomic mass is 9.61. The molecule has 5 nitrogen and oxygen atoms in total. The number of carbonyl (C=O) groups excluding carboxylic acids is 1. The maximum absolute atomic E-state index is 13.1. The zero-order chi connectivity index (χ0) is 28.0. The summed E-state index contributed by atoms with van der Waals surface area (Å²) in [6.45, 7) is 15.7. The Bertz CT molecular complexity index is 1170. The van der Waals surface area contributed by atoms with E-state index in [1.165, 1.54) is 0 Å². The van der Waals surface area contributed by atoms with Gasteiger partial charge in [-0.2, -0.15) is 0 Å². The van der Waals surface area contributed by atoms with Gasteiger partial charge >= 0.3 is 5.97 Å². The van der Waals surface area contributed by atoms with Crippen molar-refractivity contribution < 1.29 is 23.8 Å². The molecular formula is C33H46O5. The van der Waals surface area contributed by atoms with E-state index in [0.717, 1.165) is 53.7 Å². The zero-order valence-electron chi connectivity index (χ0n) is 24.3. The first-order chi connectivity index (χ1) is 17.8. The number of fused-ring (bicyclic) bond motifs is 1. The van der Waals surface area contributed by atoms with Crippen molar-refractivity contribution in [3.05, 3.63) is 54.6 Å². The smallest absolute Gasteiger partial charge is 0.312 e. The molecule has 2 aromatic carbocycles. The SMILES string of the molecule is CC(C)(C)CC(C)(C(=O)OCCCCC(CO)COc1ccc2cc(-c3ccccc3)oc2c1)C(C)(C)C. The van der Waals surface area contributed by atoms with Gasteiger partial charge in [-0.1, -0.05) is 71.9 Å². The van der Waals surface area contributed by atoms with Crippen LogP contribution in [0, 0.1) is 22.2 Å². The first kappa shape index (κ1) is 29.8. The van der Waals surface area contributed by atoms with Crippen LogP contribution in [0.1, 0.15) is 74.1 Å². The Balaban J connectivity index is 1.46. The van der Waals surface area contributed by atoms with Gasteiger partial charge < -0.3 is 19.0 Å². The largest absolute Gasteiger partial charge is 0.493 e. The number of unbranched alkanes of at least 4 members (excludes halogenated alkanes) is 1. The molecule has 0 amide bonds. The van der Waals surface area contributed by atoms with Crippen LogP contribution in [0.2, 0.25) is 0 Å². The molecule has 0 aliphatic rings. The molecule has 0 radical (unpaired) electrons. The van der Waals surface area contributed by atoms with Gasteiger partial charge in [-0.3, -0.25) is 4.79 Å². The molecule has 0 spiro atoms. The highest BCUT2D eigenvalue weighted by molar-refractivity contribution is 5.84. The number of rotatable bonds is 12. The average molecular weight is 523 g/mol. The van der Waals surface area contributed by atoms with Gasteiger partial charge in [-0.15, -0.1) is 0 Å². The maximum Gasteiger partial charge on any atom is 0.312 e. The van der Waals surface area contributed by atoms with E-state index < -0.39 is 5.41 Å². The lowest BCUT2D eigenvalue weighted by Gasteiger charge is -2.43. The Morgan fingerprint density at radius 1 is 0.947 bits per heavy atom. The van der Waals surface area contributed by atoms with Gasteiger partial charge in [0.25, 0.3) is 0 Å². The number of esters is 1. The van der Waals surface area contributed by atoms with Gasteiger partial charge in [0.15, 0.2) is 0 Å². The third-order valence-corrected chi connectivity index (χ3v) is 7.52. The van der Waals surface area contributed by atoms with Gasteiger partial charge in [0.2, 0.25) is 0 Å². The van der Waals surface area contributed by atoms with Gasteiger partial charge in [0, 0.05) is 29.5 Å². The first-order valence-corrected chi connectivity index (χ1v) is 13.8. The van der Waals surface area contributed by atoms with E-state index in [-0.39, 0.29) is 29.3 Å². The van der Waals surface area contributed by atoms with E-state index in [0.29, 0.717) is 13.2 Å². The van der Waals surface area contributed by atoms with Gasteiger partial charge in [-0.25, -0.2) is 0 Å². The molecule has 0 aliphatic heterocycles. The first-order valence-electron chi connectivity index (χ1n) is 13.8. The van der Waals surface area contributed by atoms with Crippen molar-refractivity contribution in [2.75, 3.05) is 19.8 Å². The quantitative estimate of drug-likeness (QED) is 0.191. The second-order valence-electron chi connectivity index (χ2n) is 13.0. The molecule has 3 aromatic rings. The maximum atomic E-state index is 13.1. The Labute approximate surface area is 228 Å². The molecule has 0 fully saturated rings. The Morgan fingerprint density at radius 2 is 1.66 bits per heavy atom. The molecule has 1 aromatic heterocycles. The van der Waals surface area contributed by atoms with Crippen molar-refractivity contribution in [2.24, 2.45) is 22.2 Å². The van der Waals surface area contributed by atoms with Crippen LogP contribution in [0.4, 0.5) is 0 Å². The predicted octanol–water partition coefficient (Wildman–Crippen LogP) is 8.29. The average Bonchev–Trinajstić information content (AvgIpc) is 3.28. The molecule has 1 heterocycles. The minimum Gasteiger partial charge on any atom is -0.493 e. The second kappa shape index (κ2) is 12.4. The van der Waals surface area contributed by atoms with Crippen LogP contribution in [0.3, 0.4) is 0 Å². The fourth-order valence-electron chi connectivity index (χ4n) is 4.85. The standard InChI is InChI=1S/C33H46O5/c1-31(2,3)23-33(7,32(4,5)6)30(35)36-18-12-11-13-24(21-34)22-37-27-17-16-26-19-28(38-29(26)20-27)25-14-9-8-10-15-25/h8-10,14-17,19-20,24,34H,11-13,18,21-23H2,1-7H3. The number of ether oxygens (including phenoxy) is 2. The van der Waals surface area contributed by atoms with E-state index in [1.54, 1.807) is 0 Å². The number of furan rings is 1. The lowest BCUT2D eigenvalue weighted by Crippen LogP contribution is -2.44. The summed E-state index contributed by atoms with van der Waals surface area (Å²) in [5.74, 6) is 1.44. The van der Waals surface area contributed by atoms with Crippen molar-refractivity contribution in [1.82, 2.24) is 0 Å². The third-order valence-electron chi connectivity index (χ3n) is 7.52. The minimum atomic E-state index is -0.552. The molecule has 2 atom stereocenters. The van der Waals surface area contributed by atoms with Crippen molar-refractivity contribution in [3.8, 4) is 17.1 Å². The van der Waals surface area contributed by atoms with Gasteiger partial charge in [0.05, 0.1) is 18.6 Å². The summed E-state index contributed by atoms with van der Waals surface area (Å²) < 4.78 is 17.8. The summed E-state index contributed by atoms with van der Waals surface area (Å²) in [5.41, 5.74) is 1.09. The molecule has 2 unspecified atom stereocenters. The number of hydrogen-bond donors (Lipinski definition) is 1. The minimum absolute atomic E-state index is 0.0126. The molecule has 0 aliphatic carbocycles. The summed E-state index contributed by atoms with van der Waals surface area (Å²) in [7, 11) is 0. The van der Waals surface area contributed by atoms with Crippen molar-refractivity contribution >= 4 is 16.9 Å². The van der Waals surface area contributed by atoms with Crippen LogP contribution in [0.5, 0.6) is 5.75 Å². The van der Waals surface area contributed by atoms with E-state index in [4.69, 9.17) is 13.9 Å². The Kier molecular flexibility index (Phi) is 9.69. The molecule has 1 N–H and O–H groups in total. The topological polar surface area (TPSA) is 68.9 Å². The molecule has 5 heteroatoms. The van der Waals surface area contributed by atoms with Crippen molar-refractivity contribution in [2.45, 2.75) is 74.1 Å². The molecule has 0 saturated heterocycles. The predicted molar refractivity (Wildman–Crippen MR) is 154 cm³/mol. The van der Waals surface area contributed by atoms with Crippen LogP contribution < -0.4 is 4.74 Å². The summed E-state index contributed by atoms with van der Waals surface area (Å²) in [4.78, 5) is 13.1. The van der Waals surface area contributed by atoms with Gasteiger partial charge in [-0.05, 0) is 61.6 Å². The monoisotopic (exact) mass is 522 g/mol. The highest BCUT2D eigenvalue weighted by atomic mass is 16.5. The molecule has 0 saturated carbocycles. The normalized spacial score (nSPS) is 14.7. The summed E-state index contributed by atoms with van der Waals surface area (Å²) in [6.07, 6.45) is 3.18. The number of aliphatic hydroxyl groups excluding tert-OH is 1. The Morgan fingerprint density at radius 3 is 2.29 bits per heavy atom. The van der Waals surface area contributed by atoms with Crippen LogP contribution in [0.15, 0.2) is 59.0 Å². The highest BCUT2D eigenvalue weighted by Gasteiger charge is 2.47. The Hall–Kier alpha value is -2.79.